The highest BCUT2D eigenvalue weighted by molar-refractivity contribution is 5.84. The number of hydrogen-bond donors (Lipinski definition) is 0. The number of fused-ring (bicyclic) bond motifs is 1. The van der Waals surface area contributed by atoms with Gasteiger partial charge in [0.05, 0.1) is 11.4 Å². The lowest BCUT2D eigenvalue weighted by Crippen LogP contribution is -2.02. The summed E-state index contributed by atoms with van der Waals surface area (Å²) in [5.74, 6) is 1.39. The predicted octanol–water partition coefficient (Wildman–Crippen LogP) is 6.03. The summed E-state index contributed by atoms with van der Waals surface area (Å²) < 4.78 is 27.4. The maximum absolute atomic E-state index is 13.8. The number of oxazole rings is 1. The molecule has 0 N–H and O–H groups in total. The van der Waals surface area contributed by atoms with Crippen LogP contribution in [-0.4, -0.2) is 19.7 Å². The third kappa shape index (κ3) is 3.86. The summed E-state index contributed by atoms with van der Waals surface area (Å²) in [6.45, 7) is 8.01. The number of aryl methyl sites for hydroxylation is 4. The number of pyridine rings is 1. The molecule has 5 aromatic rings. The van der Waals surface area contributed by atoms with Crippen molar-refractivity contribution >= 4 is 11.0 Å². The Morgan fingerprint density at radius 3 is 2.55 bits per heavy atom. The number of benzene rings is 2. The van der Waals surface area contributed by atoms with Crippen LogP contribution in [0.3, 0.4) is 0 Å². The van der Waals surface area contributed by atoms with Gasteiger partial charge in [0.2, 0.25) is 11.8 Å². The highest BCUT2D eigenvalue weighted by Gasteiger charge is 2.17. The smallest absolute Gasteiger partial charge is 0.226 e. The quantitative estimate of drug-likeness (QED) is 0.333. The monoisotopic (exact) mass is 442 g/mol. The summed E-state index contributed by atoms with van der Waals surface area (Å²) in [6, 6.07) is 16.1. The molecule has 0 amide bonds. The number of aromatic nitrogens is 4. The largest absolute Gasteiger partial charge is 0.471 e. The van der Waals surface area contributed by atoms with E-state index < -0.39 is 0 Å². The van der Waals surface area contributed by atoms with Crippen molar-refractivity contribution in [3.63, 3.8) is 0 Å². The lowest BCUT2D eigenvalue weighted by Gasteiger charge is -2.08. The number of halogens is 1. The van der Waals surface area contributed by atoms with Crippen molar-refractivity contribution in [2.45, 2.75) is 34.3 Å². The first-order valence-corrected chi connectivity index (χ1v) is 10.7. The second-order valence-corrected chi connectivity index (χ2v) is 8.08. The highest BCUT2D eigenvalue weighted by atomic mass is 19.1. The number of ether oxygens (including phenoxy) is 1. The normalized spacial score (nSPS) is 11.3. The van der Waals surface area contributed by atoms with Crippen LogP contribution in [0.1, 0.15) is 28.3 Å². The minimum Gasteiger partial charge on any atom is -0.471 e. The van der Waals surface area contributed by atoms with Crippen LogP contribution in [0.4, 0.5) is 4.39 Å². The first kappa shape index (κ1) is 20.9. The fourth-order valence-electron chi connectivity index (χ4n) is 3.97. The van der Waals surface area contributed by atoms with Gasteiger partial charge in [-0.2, -0.15) is 10.1 Å². The lowest BCUT2D eigenvalue weighted by atomic mass is 10.1. The molecular weight excluding hydrogens is 419 g/mol. The van der Waals surface area contributed by atoms with E-state index in [0.29, 0.717) is 34.6 Å². The molecule has 0 saturated carbocycles. The zero-order valence-electron chi connectivity index (χ0n) is 18.9. The molecule has 0 bridgehead atoms. The van der Waals surface area contributed by atoms with E-state index in [9.17, 15) is 4.39 Å². The van der Waals surface area contributed by atoms with E-state index in [4.69, 9.17) is 9.15 Å². The molecule has 0 unspecified atom stereocenters. The Kier molecular flexibility index (Phi) is 5.17. The summed E-state index contributed by atoms with van der Waals surface area (Å²) in [4.78, 5) is 9.33. The second-order valence-electron chi connectivity index (χ2n) is 8.08. The van der Waals surface area contributed by atoms with Crippen molar-refractivity contribution in [1.82, 2.24) is 19.7 Å². The molecule has 33 heavy (non-hydrogen) atoms. The summed E-state index contributed by atoms with van der Waals surface area (Å²) in [5, 5.41) is 5.51. The molecule has 7 heteroatoms. The van der Waals surface area contributed by atoms with Gasteiger partial charge in [-0.05, 0) is 63.1 Å². The summed E-state index contributed by atoms with van der Waals surface area (Å²) in [6.07, 6.45) is 0. The van der Waals surface area contributed by atoms with Crippen LogP contribution in [0.5, 0.6) is 5.88 Å². The zero-order chi connectivity index (χ0) is 23.1. The van der Waals surface area contributed by atoms with E-state index in [-0.39, 0.29) is 12.4 Å². The summed E-state index contributed by atoms with van der Waals surface area (Å²) in [7, 11) is 0. The fraction of sp³-hybridized carbons (Fsp3) is 0.192. The van der Waals surface area contributed by atoms with E-state index >= 15 is 0 Å². The third-order valence-corrected chi connectivity index (χ3v) is 5.66. The van der Waals surface area contributed by atoms with Gasteiger partial charge in [-0.3, -0.25) is 0 Å². The van der Waals surface area contributed by atoms with Crippen molar-refractivity contribution in [2.75, 3.05) is 0 Å². The van der Waals surface area contributed by atoms with E-state index in [1.807, 2.05) is 58.0 Å². The highest BCUT2D eigenvalue weighted by Crippen LogP contribution is 2.28. The molecule has 0 radical (unpaired) electrons. The number of rotatable bonds is 5. The molecule has 0 saturated heterocycles. The van der Waals surface area contributed by atoms with Crippen LogP contribution in [0, 0.1) is 33.5 Å². The van der Waals surface area contributed by atoms with Gasteiger partial charge in [-0.1, -0.05) is 24.3 Å². The van der Waals surface area contributed by atoms with Gasteiger partial charge in [0.25, 0.3) is 0 Å². The molecule has 166 valence electrons. The van der Waals surface area contributed by atoms with Crippen molar-refractivity contribution in [2.24, 2.45) is 0 Å². The van der Waals surface area contributed by atoms with Crippen molar-refractivity contribution in [1.29, 1.82) is 0 Å². The third-order valence-electron chi connectivity index (χ3n) is 5.66. The topological polar surface area (TPSA) is 66.0 Å². The molecule has 2 aromatic carbocycles. The van der Waals surface area contributed by atoms with E-state index in [2.05, 4.69) is 15.1 Å². The average Bonchev–Trinajstić information content (AvgIpc) is 3.32. The van der Waals surface area contributed by atoms with Crippen molar-refractivity contribution in [3.05, 3.63) is 88.7 Å². The van der Waals surface area contributed by atoms with Crippen LogP contribution in [-0.2, 0) is 6.61 Å². The van der Waals surface area contributed by atoms with E-state index in [1.54, 1.807) is 16.8 Å². The first-order chi connectivity index (χ1) is 15.9. The minimum atomic E-state index is -0.330. The molecule has 0 fully saturated rings. The van der Waals surface area contributed by atoms with E-state index in [1.165, 1.54) is 12.1 Å². The van der Waals surface area contributed by atoms with Gasteiger partial charge >= 0.3 is 0 Å². The summed E-state index contributed by atoms with van der Waals surface area (Å²) >= 11 is 0. The maximum atomic E-state index is 13.8. The van der Waals surface area contributed by atoms with Crippen LogP contribution in [0.15, 0.2) is 59.0 Å². The molecule has 0 spiro atoms. The molecule has 3 aromatic heterocycles. The van der Waals surface area contributed by atoms with Crippen LogP contribution in [0.2, 0.25) is 0 Å². The maximum Gasteiger partial charge on any atom is 0.226 e. The molecule has 3 heterocycles. The Labute approximate surface area is 190 Å². The molecule has 0 aliphatic carbocycles. The van der Waals surface area contributed by atoms with Gasteiger partial charge in [0.1, 0.15) is 23.9 Å². The Bertz CT molecular complexity index is 1490. The number of hydrogen-bond acceptors (Lipinski definition) is 5. The average molecular weight is 442 g/mol. The van der Waals surface area contributed by atoms with Gasteiger partial charge in [-0.25, -0.2) is 14.1 Å². The fourth-order valence-corrected chi connectivity index (χ4v) is 3.97. The first-order valence-electron chi connectivity index (χ1n) is 10.7. The Hall–Kier alpha value is -4.00. The Morgan fingerprint density at radius 1 is 0.939 bits per heavy atom. The zero-order valence-corrected chi connectivity index (χ0v) is 18.9. The lowest BCUT2D eigenvalue weighted by molar-refractivity contribution is 0.288. The van der Waals surface area contributed by atoms with Crippen LogP contribution in [0.25, 0.3) is 28.2 Å². The van der Waals surface area contributed by atoms with Crippen LogP contribution < -0.4 is 4.74 Å². The standard InChI is InChI=1S/C26H23FN4O2/c1-15-8-5-6-11-21(15)26-28-22(18(4)33-26)14-32-23-12-16(2)24-17(3)30-31(25(24)29-23)20-10-7-9-19(27)13-20/h5-13H,14H2,1-4H3. The van der Waals surface area contributed by atoms with Crippen LogP contribution >= 0.6 is 0 Å². The molecular formula is C26H23FN4O2. The minimum absolute atomic E-state index is 0.215. The molecule has 0 aliphatic rings. The SMILES string of the molecule is Cc1ccccc1-c1nc(COc2cc(C)c3c(C)nn(-c4cccc(F)c4)c3n2)c(C)o1. The van der Waals surface area contributed by atoms with Crippen molar-refractivity contribution in [3.8, 4) is 23.0 Å². The van der Waals surface area contributed by atoms with Crippen molar-refractivity contribution < 1.29 is 13.5 Å². The Morgan fingerprint density at radius 2 is 1.76 bits per heavy atom. The molecule has 0 aliphatic heterocycles. The predicted molar refractivity (Wildman–Crippen MR) is 124 cm³/mol. The van der Waals surface area contributed by atoms with Gasteiger partial charge in [-0.15, -0.1) is 0 Å². The van der Waals surface area contributed by atoms with Gasteiger partial charge in [0.15, 0.2) is 5.65 Å². The molecule has 5 rings (SSSR count). The van der Waals surface area contributed by atoms with Gasteiger partial charge in [0, 0.05) is 17.0 Å². The van der Waals surface area contributed by atoms with E-state index in [0.717, 1.165) is 27.8 Å². The molecule has 6 nitrogen and oxygen atoms in total. The molecule has 0 atom stereocenters. The summed E-state index contributed by atoms with van der Waals surface area (Å²) in [5.41, 5.74) is 5.78. The number of nitrogens with zero attached hydrogens (tertiary/aromatic N) is 4. The second kappa shape index (κ2) is 8.16. The van der Waals surface area contributed by atoms with Gasteiger partial charge < -0.3 is 9.15 Å². The Balaban J connectivity index is 1.47.